The minimum absolute atomic E-state index is 0.0208. The highest BCUT2D eigenvalue weighted by atomic mass is 79.9. The molecule has 13 heteroatoms. The molecule has 0 fully saturated rings. The van der Waals surface area contributed by atoms with Crippen LogP contribution in [0.5, 0.6) is 11.5 Å². The number of halogens is 3. The quantitative estimate of drug-likeness (QED) is 0.0814. The molecule has 0 saturated heterocycles. The van der Waals surface area contributed by atoms with Crippen LogP contribution in [0.1, 0.15) is 18.1 Å². The Morgan fingerprint density at radius 1 is 1.00 bits per heavy atom. The van der Waals surface area contributed by atoms with Gasteiger partial charge < -0.3 is 13.9 Å². The molecule has 226 valence electrons. The van der Waals surface area contributed by atoms with E-state index < -0.39 is 10.5 Å². The highest BCUT2D eigenvalue weighted by Gasteiger charge is 2.23. The predicted molar refractivity (Wildman–Crippen MR) is 182 cm³/mol. The van der Waals surface area contributed by atoms with Crippen LogP contribution < -0.4 is 15.0 Å². The number of hydrogen-bond donors (Lipinski definition) is 0. The third-order valence-corrected chi connectivity index (χ3v) is 8.44. The molecule has 6 rings (SSSR count). The summed E-state index contributed by atoms with van der Waals surface area (Å²) in [5, 5.41) is 17.8. The molecule has 0 N–H and O–H groups in total. The average Bonchev–Trinajstić information content (AvgIpc) is 3.43. The Kier molecular flexibility index (Phi) is 8.83. The van der Waals surface area contributed by atoms with Gasteiger partial charge in [0.05, 0.1) is 28.6 Å². The number of furan rings is 1. The van der Waals surface area contributed by atoms with Crippen LogP contribution in [0.4, 0.5) is 5.69 Å². The molecule has 0 aliphatic carbocycles. The Balaban J connectivity index is 1.44. The van der Waals surface area contributed by atoms with E-state index in [9.17, 15) is 14.9 Å². The van der Waals surface area contributed by atoms with Crippen LogP contribution in [0, 0.1) is 10.1 Å². The largest absolute Gasteiger partial charge is 0.490 e. The van der Waals surface area contributed by atoms with E-state index in [1.807, 2.05) is 36.4 Å². The number of rotatable bonds is 9. The fraction of sp³-hybridized carbons (Fsp3) is 0.0938. The zero-order valence-electron chi connectivity index (χ0n) is 23.4. The van der Waals surface area contributed by atoms with Gasteiger partial charge in [0.2, 0.25) is 11.6 Å². The lowest BCUT2D eigenvalue weighted by Crippen LogP contribution is -2.20. The molecule has 0 bridgehead atoms. The summed E-state index contributed by atoms with van der Waals surface area (Å²) in [6.45, 7) is 2.05. The maximum absolute atomic E-state index is 13.7. The summed E-state index contributed by atoms with van der Waals surface area (Å²) < 4.78 is 21.4. The maximum atomic E-state index is 13.7. The minimum Gasteiger partial charge on any atom is -0.490 e. The highest BCUT2D eigenvalue weighted by molar-refractivity contribution is 9.11. The highest BCUT2D eigenvalue weighted by Crippen LogP contribution is 2.39. The number of nitrogens with zero attached hydrogens (tertiary/aromatic N) is 4. The minimum atomic E-state index is -0.548. The van der Waals surface area contributed by atoms with E-state index in [1.165, 1.54) is 12.3 Å². The molecule has 0 aliphatic heterocycles. The van der Waals surface area contributed by atoms with Gasteiger partial charge >= 0.3 is 5.69 Å². The van der Waals surface area contributed by atoms with Crippen molar-refractivity contribution in [3.8, 4) is 23.1 Å². The fourth-order valence-electron chi connectivity index (χ4n) is 4.65. The number of para-hydroxylation sites is 1. The van der Waals surface area contributed by atoms with E-state index in [0.29, 0.717) is 27.8 Å². The maximum Gasteiger partial charge on any atom is 0.315 e. The molecule has 0 amide bonds. The Morgan fingerprint density at radius 3 is 2.56 bits per heavy atom. The molecule has 0 unspecified atom stereocenters. The molecule has 10 nitrogen and oxygen atoms in total. The van der Waals surface area contributed by atoms with E-state index >= 15 is 0 Å². The van der Waals surface area contributed by atoms with E-state index in [1.54, 1.807) is 43.3 Å². The van der Waals surface area contributed by atoms with Gasteiger partial charge in [-0.15, -0.1) is 0 Å². The average molecular weight is 797 g/mol. The smallest absolute Gasteiger partial charge is 0.315 e. The molecule has 4 aromatic carbocycles. The van der Waals surface area contributed by atoms with Crippen LogP contribution in [0.15, 0.2) is 107 Å². The zero-order valence-corrected chi connectivity index (χ0v) is 28.1. The Labute approximate surface area is 280 Å². The van der Waals surface area contributed by atoms with Crippen molar-refractivity contribution in [1.29, 1.82) is 0 Å². The van der Waals surface area contributed by atoms with Crippen LogP contribution in [0.25, 0.3) is 33.5 Å². The van der Waals surface area contributed by atoms with Gasteiger partial charge in [0, 0.05) is 36.0 Å². The van der Waals surface area contributed by atoms with Gasteiger partial charge in [-0.25, -0.2) is 4.98 Å². The molecule has 0 atom stereocenters. The Hall–Kier alpha value is -4.33. The number of nitro groups is 1. The lowest BCUT2D eigenvalue weighted by molar-refractivity contribution is -0.386. The van der Waals surface area contributed by atoms with E-state index in [-0.39, 0.29) is 36.2 Å². The molecule has 6 aromatic rings. The summed E-state index contributed by atoms with van der Waals surface area (Å²) in [4.78, 5) is 30.0. The van der Waals surface area contributed by atoms with Gasteiger partial charge in [-0.3, -0.25) is 14.9 Å². The topological polar surface area (TPSA) is 122 Å². The summed E-state index contributed by atoms with van der Waals surface area (Å²) in [7, 11) is 0. The first-order valence-corrected chi connectivity index (χ1v) is 15.9. The van der Waals surface area contributed by atoms with Crippen molar-refractivity contribution < 1.29 is 18.8 Å². The van der Waals surface area contributed by atoms with Crippen molar-refractivity contribution in [1.82, 2.24) is 9.66 Å². The second-order valence-electron chi connectivity index (χ2n) is 9.69. The number of fused-ring (bicyclic) bond motifs is 2. The van der Waals surface area contributed by atoms with Crippen molar-refractivity contribution in [2.24, 2.45) is 5.10 Å². The van der Waals surface area contributed by atoms with Crippen LogP contribution >= 0.6 is 47.8 Å². The van der Waals surface area contributed by atoms with Gasteiger partial charge in [0.15, 0.2) is 11.5 Å². The number of benzene rings is 4. The molecule has 0 saturated carbocycles. The first-order valence-electron chi connectivity index (χ1n) is 13.5. The van der Waals surface area contributed by atoms with E-state index in [2.05, 4.69) is 52.9 Å². The molecule has 2 aromatic heterocycles. The number of nitro benzene ring substituents is 1. The first-order chi connectivity index (χ1) is 21.7. The summed E-state index contributed by atoms with van der Waals surface area (Å²) in [5.74, 6) is 0.634. The molecule has 0 spiro atoms. The van der Waals surface area contributed by atoms with E-state index in [4.69, 9.17) is 18.9 Å². The molecule has 45 heavy (non-hydrogen) atoms. The molecule has 0 aliphatic rings. The van der Waals surface area contributed by atoms with Crippen LogP contribution in [0.3, 0.4) is 0 Å². The standard InChI is InChI=1S/C32H21Br3N4O6/c1-2-43-28-12-18(11-26(39(41)42)30(28)44-17-19-7-8-22(34)15-24(19)35)16-36-38-31(37-25-6-4-3-5-23(25)32(38)40)29-14-20-13-21(33)9-10-27(20)45-29/h3-16H,2,17H2,1H3. The summed E-state index contributed by atoms with van der Waals surface area (Å²) >= 11 is 10.4. The van der Waals surface area contributed by atoms with Crippen molar-refractivity contribution in [2.45, 2.75) is 13.5 Å². The Bertz CT molecular complexity index is 2190. The normalized spacial score (nSPS) is 11.5. The lowest BCUT2D eigenvalue weighted by Gasteiger charge is -2.14. The monoisotopic (exact) mass is 794 g/mol. The second-order valence-corrected chi connectivity index (χ2v) is 12.4. The Morgan fingerprint density at radius 2 is 1.78 bits per heavy atom. The van der Waals surface area contributed by atoms with Crippen molar-refractivity contribution >= 4 is 81.6 Å². The van der Waals surface area contributed by atoms with Gasteiger partial charge in [-0.1, -0.05) is 66.0 Å². The second kappa shape index (κ2) is 13.0. The lowest BCUT2D eigenvalue weighted by atomic mass is 10.1. The first kappa shape index (κ1) is 30.7. The fourth-order valence-corrected chi connectivity index (χ4v) is 6.19. The van der Waals surface area contributed by atoms with Gasteiger partial charge in [-0.2, -0.15) is 9.78 Å². The van der Waals surface area contributed by atoms with Crippen LogP contribution in [-0.4, -0.2) is 27.4 Å². The zero-order chi connectivity index (χ0) is 31.7. The van der Waals surface area contributed by atoms with Crippen molar-refractivity contribution in [2.75, 3.05) is 6.61 Å². The molecule has 2 heterocycles. The van der Waals surface area contributed by atoms with Gasteiger partial charge in [0.1, 0.15) is 12.2 Å². The predicted octanol–water partition coefficient (Wildman–Crippen LogP) is 8.87. The molecular weight excluding hydrogens is 776 g/mol. The molecule has 0 radical (unpaired) electrons. The van der Waals surface area contributed by atoms with Crippen molar-refractivity contribution in [3.05, 3.63) is 124 Å². The summed E-state index contributed by atoms with van der Waals surface area (Å²) in [5.41, 5.74) is 1.42. The number of ether oxygens (including phenoxy) is 2. The third kappa shape index (κ3) is 6.42. The van der Waals surface area contributed by atoms with Gasteiger partial charge in [-0.05, 0) is 61.5 Å². The summed E-state index contributed by atoms with van der Waals surface area (Å²) in [6.07, 6.45) is 1.34. The SMILES string of the molecule is CCOc1cc(C=Nn2c(-c3cc4cc(Br)ccc4o3)nc3ccccc3c2=O)cc([N+](=O)[O-])c1OCc1ccc(Br)cc1Br. The van der Waals surface area contributed by atoms with Crippen LogP contribution in [0.2, 0.25) is 0 Å². The van der Waals surface area contributed by atoms with E-state index in [0.717, 1.165) is 29.0 Å². The summed E-state index contributed by atoms with van der Waals surface area (Å²) in [6, 6.07) is 22.7. The van der Waals surface area contributed by atoms with Gasteiger partial charge in [0.25, 0.3) is 5.56 Å². The third-order valence-electron chi connectivity index (χ3n) is 6.72. The van der Waals surface area contributed by atoms with Crippen LogP contribution in [-0.2, 0) is 6.61 Å². The number of aromatic nitrogens is 2. The molecular formula is C32H21Br3N4O6. The number of hydrogen-bond acceptors (Lipinski definition) is 8. The van der Waals surface area contributed by atoms with Crippen molar-refractivity contribution in [3.63, 3.8) is 0 Å².